The highest BCUT2D eigenvalue weighted by Crippen LogP contribution is 2.54. The number of carbonyl (C=O) groups excluding carboxylic acids is 2. The minimum atomic E-state index is -4.69. The quantitative estimate of drug-likeness (QED) is 0.443. The molecule has 0 spiro atoms. The molecule has 210 valence electrons. The van der Waals surface area contributed by atoms with Crippen LogP contribution in [0, 0.1) is 5.41 Å². The number of fused-ring (bicyclic) bond motifs is 4. The van der Waals surface area contributed by atoms with Crippen molar-refractivity contribution < 1.29 is 47.2 Å². The maximum absolute atomic E-state index is 13.2. The van der Waals surface area contributed by atoms with Crippen LogP contribution in [0.2, 0.25) is 5.02 Å². The minimum Gasteiger partial charge on any atom is -0.482 e. The maximum Gasteiger partial charge on any atom is 0.522 e. The summed E-state index contributed by atoms with van der Waals surface area (Å²) in [5.74, 6) is -0.124. The Balaban J connectivity index is 1.10. The summed E-state index contributed by atoms with van der Waals surface area (Å²) < 4.78 is 51.9. The Bertz CT molecular complexity index is 1070. The number of rotatable bonds is 8. The van der Waals surface area contributed by atoms with Crippen LogP contribution >= 0.6 is 11.6 Å². The van der Waals surface area contributed by atoms with Crippen molar-refractivity contribution in [1.29, 1.82) is 0 Å². The average Bonchev–Trinajstić information content (AvgIpc) is 2.81. The predicted molar refractivity (Wildman–Crippen MR) is 127 cm³/mol. The summed E-state index contributed by atoms with van der Waals surface area (Å²) in [5.41, 5.74) is -0.669. The molecule has 0 saturated heterocycles. The number of halogens is 4. The van der Waals surface area contributed by atoms with Crippen molar-refractivity contribution >= 4 is 23.3 Å². The summed E-state index contributed by atoms with van der Waals surface area (Å²) in [5, 5.41) is 24.9. The highest BCUT2D eigenvalue weighted by molar-refractivity contribution is 6.30. The second-order valence-electron chi connectivity index (χ2n) is 11.2. The molecular formula is C26H31ClF3NO7. The topological polar surface area (TPSA) is 114 Å². The van der Waals surface area contributed by atoms with Gasteiger partial charge in [-0.15, -0.1) is 13.2 Å². The lowest BCUT2D eigenvalue weighted by atomic mass is 9.54. The molecule has 5 aliphatic rings. The molecule has 8 nitrogen and oxygen atoms in total. The first-order valence-corrected chi connectivity index (χ1v) is 13.3. The molecule has 6 rings (SSSR count). The van der Waals surface area contributed by atoms with E-state index in [9.17, 15) is 33.0 Å². The molecule has 1 aromatic rings. The number of nitrogens with one attached hydrogen (secondary N) is 1. The third-order valence-electron chi connectivity index (χ3n) is 8.60. The third-order valence-corrected chi connectivity index (χ3v) is 8.84. The van der Waals surface area contributed by atoms with E-state index in [1.54, 1.807) is 18.2 Å². The molecule has 4 aliphatic carbocycles. The molecule has 1 aliphatic heterocycles. The van der Waals surface area contributed by atoms with Crippen molar-refractivity contribution in [2.24, 2.45) is 5.41 Å². The van der Waals surface area contributed by atoms with Gasteiger partial charge < -0.3 is 25.0 Å². The molecule has 38 heavy (non-hydrogen) atoms. The third kappa shape index (κ3) is 5.82. The lowest BCUT2D eigenvalue weighted by Crippen LogP contribution is -2.65. The van der Waals surface area contributed by atoms with Crippen LogP contribution in [0.5, 0.6) is 5.75 Å². The fourth-order valence-corrected chi connectivity index (χ4v) is 6.55. The SMILES string of the molecule is O=C(COC1CC(OC(F)(F)F)C1)NC12CCC(CC(=O)[C@@H]3C[C@@H](O)c4cc(Cl)ccc4O3)(CC1)C[C@@H]2O. The van der Waals surface area contributed by atoms with Gasteiger partial charge >= 0.3 is 6.36 Å². The number of alkyl halides is 3. The monoisotopic (exact) mass is 561 g/mol. The van der Waals surface area contributed by atoms with Gasteiger partial charge in [0.25, 0.3) is 0 Å². The minimum absolute atomic E-state index is 0.0676. The van der Waals surface area contributed by atoms with Crippen LogP contribution in [0.4, 0.5) is 13.2 Å². The molecule has 2 bridgehead atoms. The number of ketones is 1. The molecule has 1 heterocycles. The van der Waals surface area contributed by atoms with Crippen molar-refractivity contribution in [2.45, 2.75) is 100 Å². The van der Waals surface area contributed by atoms with Crippen molar-refractivity contribution in [1.82, 2.24) is 5.32 Å². The van der Waals surface area contributed by atoms with Crippen molar-refractivity contribution in [3.05, 3.63) is 28.8 Å². The second-order valence-corrected chi connectivity index (χ2v) is 11.6. The van der Waals surface area contributed by atoms with E-state index in [2.05, 4.69) is 10.1 Å². The Morgan fingerprint density at radius 3 is 2.47 bits per heavy atom. The van der Waals surface area contributed by atoms with Gasteiger partial charge in [-0.1, -0.05) is 11.6 Å². The van der Waals surface area contributed by atoms with Crippen molar-refractivity contribution in [3.63, 3.8) is 0 Å². The van der Waals surface area contributed by atoms with E-state index in [4.69, 9.17) is 21.1 Å². The number of aliphatic hydroxyl groups is 2. The molecule has 0 aromatic heterocycles. The number of carbonyl (C=O) groups is 2. The summed E-state index contributed by atoms with van der Waals surface area (Å²) in [6.07, 6.45) is -5.53. The van der Waals surface area contributed by atoms with Crippen LogP contribution in [0.1, 0.15) is 69.5 Å². The Labute approximate surface area is 222 Å². The molecule has 12 heteroatoms. The molecule has 4 saturated carbocycles. The summed E-state index contributed by atoms with van der Waals surface area (Å²) >= 11 is 6.00. The van der Waals surface area contributed by atoms with Gasteiger partial charge in [0, 0.05) is 36.3 Å². The summed E-state index contributed by atoms with van der Waals surface area (Å²) in [7, 11) is 0. The van der Waals surface area contributed by atoms with Crippen LogP contribution < -0.4 is 10.1 Å². The number of aliphatic hydroxyl groups excluding tert-OH is 2. The van der Waals surface area contributed by atoms with E-state index < -0.39 is 53.7 Å². The zero-order valence-corrected chi connectivity index (χ0v) is 21.4. The Kier molecular flexibility index (Phi) is 7.45. The van der Waals surface area contributed by atoms with E-state index in [1.807, 2.05) is 0 Å². The first-order chi connectivity index (χ1) is 17.9. The Morgan fingerprint density at radius 2 is 1.82 bits per heavy atom. The molecule has 3 N–H and O–H groups in total. The van der Waals surface area contributed by atoms with Crippen LogP contribution in [-0.4, -0.2) is 64.8 Å². The number of amides is 1. The predicted octanol–water partition coefficient (Wildman–Crippen LogP) is 3.75. The highest BCUT2D eigenvalue weighted by Gasteiger charge is 2.55. The number of hydrogen-bond donors (Lipinski definition) is 3. The standard InChI is InChI=1S/C26H31ClF3NO7/c27-14-1-2-20-17(7-14)18(32)10-21(37-20)19(33)11-24-3-5-25(6-4-24,22(34)12-24)31-23(35)13-36-15-8-16(9-15)38-26(28,29)30/h1-2,7,15-16,18,21-22,32,34H,3-6,8-13H2,(H,31,35)/t15?,16?,18-,21+,22+,24?,25?/m1/s1. The summed E-state index contributed by atoms with van der Waals surface area (Å²) in [6, 6.07) is 4.91. The molecule has 3 atom stereocenters. The molecule has 1 amide bonds. The smallest absolute Gasteiger partial charge is 0.482 e. The molecule has 1 aromatic carbocycles. The molecule has 0 radical (unpaired) electrons. The van der Waals surface area contributed by atoms with Gasteiger partial charge in [0.15, 0.2) is 11.9 Å². The molecular weight excluding hydrogens is 531 g/mol. The highest BCUT2D eigenvalue weighted by atomic mass is 35.5. The van der Waals surface area contributed by atoms with Crippen molar-refractivity contribution in [2.75, 3.05) is 6.61 Å². The fraction of sp³-hybridized carbons (Fsp3) is 0.692. The van der Waals surface area contributed by atoms with Gasteiger partial charge in [-0.2, -0.15) is 0 Å². The zero-order valence-electron chi connectivity index (χ0n) is 20.6. The van der Waals surface area contributed by atoms with E-state index in [1.165, 1.54) is 0 Å². The van der Waals surface area contributed by atoms with E-state index in [0.29, 0.717) is 48.4 Å². The van der Waals surface area contributed by atoms with Crippen LogP contribution in [0.25, 0.3) is 0 Å². The zero-order chi connectivity index (χ0) is 27.3. The summed E-state index contributed by atoms with van der Waals surface area (Å²) in [6.45, 7) is -0.310. The van der Waals surface area contributed by atoms with Gasteiger partial charge in [-0.25, -0.2) is 0 Å². The number of ether oxygens (including phenoxy) is 3. The number of benzene rings is 1. The number of hydrogen-bond acceptors (Lipinski definition) is 7. The van der Waals surface area contributed by atoms with Crippen LogP contribution in [-0.2, 0) is 19.1 Å². The van der Waals surface area contributed by atoms with Gasteiger partial charge in [-0.05, 0) is 55.7 Å². The first kappa shape index (κ1) is 27.6. The van der Waals surface area contributed by atoms with Gasteiger partial charge in [0.05, 0.1) is 30.0 Å². The van der Waals surface area contributed by atoms with Crippen LogP contribution in [0.15, 0.2) is 18.2 Å². The van der Waals surface area contributed by atoms with E-state index in [0.717, 1.165) is 0 Å². The average molecular weight is 562 g/mol. The lowest BCUT2D eigenvalue weighted by molar-refractivity contribution is -0.357. The molecule has 4 fully saturated rings. The normalized spacial score (nSPS) is 36.1. The van der Waals surface area contributed by atoms with Crippen LogP contribution in [0.3, 0.4) is 0 Å². The largest absolute Gasteiger partial charge is 0.522 e. The lowest BCUT2D eigenvalue weighted by Gasteiger charge is -2.56. The van der Waals surface area contributed by atoms with Gasteiger partial charge in [0.2, 0.25) is 5.91 Å². The first-order valence-electron chi connectivity index (χ1n) is 12.9. The van der Waals surface area contributed by atoms with Crippen molar-refractivity contribution in [3.8, 4) is 5.75 Å². The Hall–Kier alpha value is -1.92. The Morgan fingerprint density at radius 1 is 1.11 bits per heavy atom. The van der Waals surface area contributed by atoms with E-state index >= 15 is 0 Å². The number of Topliss-reactive ketones (excluding diaryl/α,β-unsaturated/α-hetero) is 1. The van der Waals surface area contributed by atoms with Gasteiger partial charge in [0.1, 0.15) is 12.4 Å². The fourth-order valence-electron chi connectivity index (χ4n) is 6.37. The second kappa shape index (κ2) is 10.2. The molecule has 0 unspecified atom stereocenters. The van der Waals surface area contributed by atoms with E-state index in [-0.39, 0.29) is 38.1 Å². The maximum atomic E-state index is 13.2. The summed E-state index contributed by atoms with van der Waals surface area (Å²) in [4.78, 5) is 25.8. The van der Waals surface area contributed by atoms with Gasteiger partial charge in [-0.3, -0.25) is 14.3 Å².